The summed E-state index contributed by atoms with van der Waals surface area (Å²) in [7, 11) is 0. The summed E-state index contributed by atoms with van der Waals surface area (Å²) in [6.45, 7) is 9.26. The first-order valence-electron chi connectivity index (χ1n) is 7.67. The van der Waals surface area contributed by atoms with Gasteiger partial charge in [-0.1, -0.05) is 0 Å². The van der Waals surface area contributed by atoms with Crippen LogP contribution in [0.15, 0.2) is 18.2 Å². The van der Waals surface area contributed by atoms with Crippen molar-refractivity contribution in [3.63, 3.8) is 0 Å². The van der Waals surface area contributed by atoms with E-state index in [1.807, 2.05) is 0 Å². The molecule has 1 N–H and O–H groups in total. The molecule has 0 aromatic heterocycles. The SMILES string of the molecule is CC(=O)c1ccc(NCC(C)(C)N2CCOCC2)c([N+](=O)[O-])c1. The number of ether oxygens (including phenoxy) is 1. The van der Waals surface area contributed by atoms with Crippen molar-refractivity contribution in [3.05, 3.63) is 33.9 Å². The average Bonchev–Trinajstić information content (AvgIpc) is 2.53. The Morgan fingerprint density at radius 3 is 2.61 bits per heavy atom. The number of nitro groups is 1. The Hall–Kier alpha value is -1.99. The van der Waals surface area contributed by atoms with Crippen LogP contribution in [0.2, 0.25) is 0 Å². The fourth-order valence-corrected chi connectivity index (χ4v) is 2.64. The maximum atomic E-state index is 11.4. The lowest BCUT2D eigenvalue weighted by Gasteiger charge is -2.41. The number of ketones is 1. The van der Waals surface area contributed by atoms with Crippen molar-refractivity contribution in [3.8, 4) is 0 Å². The summed E-state index contributed by atoms with van der Waals surface area (Å²) in [5.74, 6) is -0.187. The van der Waals surface area contributed by atoms with Gasteiger partial charge in [0.15, 0.2) is 5.78 Å². The van der Waals surface area contributed by atoms with Crippen LogP contribution in [-0.4, -0.2) is 54.0 Å². The van der Waals surface area contributed by atoms with Crippen LogP contribution in [0.3, 0.4) is 0 Å². The van der Waals surface area contributed by atoms with Gasteiger partial charge in [-0.25, -0.2) is 0 Å². The van der Waals surface area contributed by atoms with Crippen molar-refractivity contribution in [2.75, 3.05) is 38.2 Å². The van der Waals surface area contributed by atoms with Gasteiger partial charge in [0.05, 0.1) is 18.1 Å². The molecule has 0 bridgehead atoms. The zero-order valence-corrected chi connectivity index (χ0v) is 13.8. The Morgan fingerprint density at radius 2 is 2.04 bits per heavy atom. The van der Waals surface area contributed by atoms with Crippen LogP contribution >= 0.6 is 0 Å². The number of carbonyl (C=O) groups excluding carboxylic acids is 1. The molecule has 0 radical (unpaired) electrons. The van der Waals surface area contributed by atoms with Crippen LogP contribution in [0, 0.1) is 10.1 Å². The van der Waals surface area contributed by atoms with Gasteiger partial charge < -0.3 is 10.1 Å². The second-order valence-corrected chi connectivity index (χ2v) is 6.31. The normalized spacial score (nSPS) is 16.1. The van der Waals surface area contributed by atoms with E-state index in [1.165, 1.54) is 13.0 Å². The molecule has 2 rings (SSSR count). The Balaban J connectivity index is 2.12. The van der Waals surface area contributed by atoms with E-state index < -0.39 is 4.92 Å². The molecule has 1 saturated heterocycles. The van der Waals surface area contributed by atoms with E-state index in [9.17, 15) is 14.9 Å². The number of Topliss-reactive ketones (excluding diaryl/α,β-unsaturated/α-hetero) is 1. The summed E-state index contributed by atoms with van der Waals surface area (Å²) in [6.07, 6.45) is 0. The number of anilines is 1. The quantitative estimate of drug-likeness (QED) is 0.492. The molecule has 0 amide bonds. The summed E-state index contributed by atoms with van der Waals surface area (Å²) in [5.41, 5.74) is 0.545. The maximum absolute atomic E-state index is 11.4. The fourth-order valence-electron chi connectivity index (χ4n) is 2.64. The Kier molecular flexibility index (Phi) is 5.33. The van der Waals surface area contributed by atoms with Crippen LogP contribution in [0.5, 0.6) is 0 Å². The standard InChI is InChI=1S/C16H23N3O4/c1-12(20)13-4-5-14(15(10-13)19(21)22)17-11-16(2,3)18-6-8-23-9-7-18/h4-5,10,17H,6-9,11H2,1-3H3. The third-order valence-electron chi connectivity index (χ3n) is 4.18. The van der Waals surface area contributed by atoms with Gasteiger partial charge in [-0.3, -0.25) is 19.8 Å². The highest BCUT2D eigenvalue weighted by Gasteiger charge is 2.29. The average molecular weight is 321 g/mol. The zero-order valence-electron chi connectivity index (χ0n) is 13.8. The summed E-state index contributed by atoms with van der Waals surface area (Å²) < 4.78 is 5.36. The van der Waals surface area contributed by atoms with Crippen molar-refractivity contribution < 1.29 is 14.5 Å². The van der Waals surface area contributed by atoms with Crippen LogP contribution in [0.1, 0.15) is 31.1 Å². The first-order chi connectivity index (χ1) is 10.8. The van der Waals surface area contributed by atoms with Gasteiger partial charge >= 0.3 is 0 Å². The Bertz CT molecular complexity index is 595. The monoisotopic (exact) mass is 321 g/mol. The molecule has 0 saturated carbocycles. The summed E-state index contributed by atoms with van der Waals surface area (Å²) in [6, 6.07) is 4.54. The minimum absolute atomic E-state index is 0.0736. The van der Waals surface area contributed by atoms with Gasteiger partial charge in [-0.2, -0.15) is 0 Å². The zero-order chi connectivity index (χ0) is 17.0. The van der Waals surface area contributed by atoms with E-state index in [2.05, 4.69) is 24.1 Å². The van der Waals surface area contributed by atoms with Gasteiger partial charge in [0, 0.05) is 36.8 Å². The maximum Gasteiger partial charge on any atom is 0.293 e. The lowest BCUT2D eigenvalue weighted by atomic mass is 10.0. The molecule has 0 unspecified atom stereocenters. The summed E-state index contributed by atoms with van der Waals surface area (Å²) >= 11 is 0. The second-order valence-electron chi connectivity index (χ2n) is 6.31. The topological polar surface area (TPSA) is 84.7 Å². The molecule has 1 heterocycles. The van der Waals surface area contributed by atoms with Crippen LogP contribution in [-0.2, 0) is 4.74 Å². The Labute approximate surface area is 135 Å². The van der Waals surface area contributed by atoms with Gasteiger partial charge in [0.25, 0.3) is 5.69 Å². The number of nitro benzene ring substituents is 1. The van der Waals surface area contributed by atoms with E-state index in [1.54, 1.807) is 12.1 Å². The molecular weight excluding hydrogens is 298 g/mol. The number of morpholine rings is 1. The minimum atomic E-state index is -0.462. The lowest BCUT2D eigenvalue weighted by Crippen LogP contribution is -2.53. The number of nitrogens with zero attached hydrogens (tertiary/aromatic N) is 2. The highest BCUT2D eigenvalue weighted by Crippen LogP contribution is 2.27. The third-order valence-corrected chi connectivity index (χ3v) is 4.18. The molecule has 0 aliphatic carbocycles. The van der Waals surface area contributed by atoms with Crippen molar-refractivity contribution >= 4 is 17.2 Å². The molecule has 0 spiro atoms. The van der Waals surface area contributed by atoms with E-state index in [0.29, 0.717) is 31.0 Å². The molecular formula is C16H23N3O4. The number of hydrogen-bond donors (Lipinski definition) is 1. The molecule has 0 atom stereocenters. The van der Waals surface area contributed by atoms with E-state index >= 15 is 0 Å². The van der Waals surface area contributed by atoms with Gasteiger partial charge in [0.1, 0.15) is 5.69 Å². The number of rotatable bonds is 6. The van der Waals surface area contributed by atoms with Crippen molar-refractivity contribution in [1.82, 2.24) is 4.90 Å². The molecule has 1 fully saturated rings. The molecule has 23 heavy (non-hydrogen) atoms. The highest BCUT2D eigenvalue weighted by atomic mass is 16.6. The van der Waals surface area contributed by atoms with E-state index in [4.69, 9.17) is 4.74 Å². The minimum Gasteiger partial charge on any atom is -0.379 e. The summed E-state index contributed by atoms with van der Waals surface area (Å²) in [4.78, 5) is 24.5. The molecule has 1 aliphatic heterocycles. The number of hydrogen-bond acceptors (Lipinski definition) is 6. The van der Waals surface area contributed by atoms with E-state index in [-0.39, 0.29) is 17.0 Å². The highest BCUT2D eigenvalue weighted by molar-refractivity contribution is 5.95. The molecule has 7 nitrogen and oxygen atoms in total. The van der Waals surface area contributed by atoms with Gasteiger partial charge in [-0.15, -0.1) is 0 Å². The second kappa shape index (κ2) is 7.06. The van der Waals surface area contributed by atoms with Crippen LogP contribution < -0.4 is 5.32 Å². The lowest BCUT2D eigenvalue weighted by molar-refractivity contribution is -0.384. The van der Waals surface area contributed by atoms with Gasteiger partial charge in [-0.05, 0) is 32.9 Å². The van der Waals surface area contributed by atoms with Crippen molar-refractivity contribution in [2.24, 2.45) is 0 Å². The molecule has 1 aromatic carbocycles. The number of benzene rings is 1. The van der Waals surface area contributed by atoms with Crippen molar-refractivity contribution in [1.29, 1.82) is 0 Å². The predicted molar refractivity (Wildman–Crippen MR) is 88.1 cm³/mol. The van der Waals surface area contributed by atoms with E-state index in [0.717, 1.165) is 13.1 Å². The summed E-state index contributed by atoms with van der Waals surface area (Å²) in [5, 5.41) is 14.4. The largest absolute Gasteiger partial charge is 0.379 e. The Morgan fingerprint density at radius 1 is 1.39 bits per heavy atom. The number of carbonyl (C=O) groups is 1. The predicted octanol–water partition coefficient (Wildman–Crippen LogP) is 2.32. The van der Waals surface area contributed by atoms with Crippen molar-refractivity contribution in [2.45, 2.75) is 26.3 Å². The molecule has 1 aliphatic rings. The first-order valence-corrected chi connectivity index (χ1v) is 7.67. The smallest absolute Gasteiger partial charge is 0.293 e. The first kappa shape index (κ1) is 17.4. The number of nitrogens with one attached hydrogen (secondary N) is 1. The third kappa shape index (κ3) is 4.27. The van der Waals surface area contributed by atoms with Crippen LogP contribution in [0.4, 0.5) is 11.4 Å². The molecule has 126 valence electrons. The van der Waals surface area contributed by atoms with Gasteiger partial charge in [0.2, 0.25) is 0 Å². The molecule has 7 heteroatoms. The van der Waals surface area contributed by atoms with Crippen LogP contribution in [0.25, 0.3) is 0 Å². The molecule has 1 aromatic rings. The fraction of sp³-hybridized carbons (Fsp3) is 0.562.